The summed E-state index contributed by atoms with van der Waals surface area (Å²) in [5.74, 6) is -1.44. The zero-order valence-corrected chi connectivity index (χ0v) is 23.9. The van der Waals surface area contributed by atoms with Crippen molar-refractivity contribution in [3.63, 3.8) is 0 Å². The Bertz CT molecular complexity index is 1560. The van der Waals surface area contributed by atoms with Gasteiger partial charge >= 0.3 is 5.69 Å². The van der Waals surface area contributed by atoms with Crippen molar-refractivity contribution >= 4 is 90.5 Å². The van der Waals surface area contributed by atoms with E-state index in [2.05, 4.69) is 43.8 Å². The molecule has 1 fully saturated rings. The highest BCUT2D eigenvalue weighted by molar-refractivity contribution is 14.1. The molecular weight excluding hydrogens is 711 g/mol. The summed E-state index contributed by atoms with van der Waals surface area (Å²) in [7, 11) is 0. The molecule has 1 N–H and O–H groups in total. The molecule has 0 unspecified atom stereocenters. The number of anilines is 1. The third-order valence-corrected chi connectivity index (χ3v) is 7.25. The predicted octanol–water partition coefficient (Wildman–Crippen LogP) is 6.34. The molecule has 1 aliphatic heterocycles. The first-order chi connectivity index (χ1) is 18.5. The van der Waals surface area contributed by atoms with Crippen LogP contribution in [0.2, 0.25) is 0 Å². The Balaban J connectivity index is 1.57. The van der Waals surface area contributed by atoms with Gasteiger partial charge in [-0.15, -0.1) is 0 Å². The fourth-order valence-corrected chi connectivity index (χ4v) is 4.91. The third kappa shape index (κ3) is 6.79. The van der Waals surface area contributed by atoms with Crippen molar-refractivity contribution in [1.29, 1.82) is 0 Å². The average molecular weight is 725 g/mol. The molecule has 0 atom stereocenters. The molecule has 0 bridgehead atoms. The van der Waals surface area contributed by atoms with Gasteiger partial charge in [-0.3, -0.25) is 39.5 Å². The van der Waals surface area contributed by atoms with E-state index < -0.39 is 44.8 Å². The summed E-state index contributed by atoms with van der Waals surface area (Å²) in [6, 6.07) is 14.5. The van der Waals surface area contributed by atoms with E-state index in [1.807, 2.05) is 0 Å². The summed E-state index contributed by atoms with van der Waals surface area (Å²) < 4.78 is 7.27. The van der Waals surface area contributed by atoms with Gasteiger partial charge in [-0.1, -0.05) is 15.9 Å². The highest BCUT2D eigenvalue weighted by atomic mass is 127. The minimum absolute atomic E-state index is 0.00298. The average Bonchev–Trinajstić information content (AvgIpc) is 3.14. The second-order valence-electron chi connectivity index (χ2n) is 7.77. The lowest BCUT2D eigenvalue weighted by atomic mass is 10.1. The summed E-state index contributed by atoms with van der Waals surface area (Å²) >= 11 is 6.06. The van der Waals surface area contributed by atoms with Gasteiger partial charge in [-0.25, -0.2) is 0 Å². The normalized spacial score (nSPS) is 14.0. The Morgan fingerprint density at radius 3 is 2.38 bits per heavy atom. The number of carbonyl (C=O) groups excluding carboxylic acids is 3. The quantitative estimate of drug-likeness (QED) is 0.121. The van der Waals surface area contributed by atoms with Crippen LogP contribution in [0.4, 0.5) is 21.9 Å². The third-order valence-electron chi connectivity index (χ3n) is 5.13. The van der Waals surface area contributed by atoms with Gasteiger partial charge in [0, 0.05) is 25.4 Å². The molecule has 3 amide bonds. The van der Waals surface area contributed by atoms with Crippen LogP contribution in [-0.4, -0.2) is 38.3 Å². The summed E-state index contributed by atoms with van der Waals surface area (Å²) in [4.78, 5) is 59.7. The maximum absolute atomic E-state index is 13.0. The maximum Gasteiger partial charge on any atom is 0.318 e. The van der Waals surface area contributed by atoms with E-state index in [1.54, 1.807) is 36.4 Å². The molecule has 4 rings (SSSR count). The van der Waals surface area contributed by atoms with Crippen LogP contribution in [0.25, 0.3) is 6.08 Å². The largest absolute Gasteiger partial charge is 0.449 e. The molecule has 0 spiro atoms. The van der Waals surface area contributed by atoms with Gasteiger partial charge in [0.2, 0.25) is 11.7 Å². The first kappa shape index (κ1) is 28.2. The SMILES string of the molecule is O=C(CN1C(=O)S/C(=C\c2cc(Br)ccc2Oc2ccc([N+](=O)[O-])cc2[N+](=O)[O-])C1=O)Nc1ccc(I)cc1. The van der Waals surface area contributed by atoms with Crippen molar-refractivity contribution < 1.29 is 29.0 Å². The molecule has 0 radical (unpaired) electrons. The molecule has 1 aliphatic rings. The van der Waals surface area contributed by atoms with E-state index in [4.69, 9.17) is 4.74 Å². The number of nitrogens with one attached hydrogen (secondary N) is 1. The topological polar surface area (TPSA) is 162 Å². The molecule has 12 nitrogen and oxygen atoms in total. The number of hydrogen-bond acceptors (Lipinski definition) is 9. The Kier molecular flexibility index (Phi) is 8.61. The summed E-state index contributed by atoms with van der Waals surface area (Å²) in [6.07, 6.45) is 1.36. The number of nitrogens with zero attached hydrogens (tertiary/aromatic N) is 3. The van der Waals surface area contributed by atoms with Crippen LogP contribution in [0, 0.1) is 23.8 Å². The Morgan fingerprint density at radius 1 is 1.03 bits per heavy atom. The highest BCUT2D eigenvalue weighted by Gasteiger charge is 2.36. The Morgan fingerprint density at radius 2 is 1.72 bits per heavy atom. The Labute approximate surface area is 246 Å². The van der Waals surface area contributed by atoms with Gasteiger partial charge in [0.15, 0.2) is 0 Å². The molecule has 3 aromatic rings. The van der Waals surface area contributed by atoms with Gasteiger partial charge in [0.1, 0.15) is 12.3 Å². The highest BCUT2D eigenvalue weighted by Crippen LogP contribution is 2.39. The van der Waals surface area contributed by atoms with Gasteiger partial charge in [-0.05, 0) is 89.0 Å². The number of nitro benzene ring substituents is 2. The molecular formula is C24H14BrIN4O8S. The number of imide groups is 1. The fraction of sp³-hybridized carbons (Fsp3) is 0.0417. The number of carbonyl (C=O) groups is 3. The lowest BCUT2D eigenvalue weighted by Crippen LogP contribution is -2.36. The molecule has 198 valence electrons. The fourth-order valence-electron chi connectivity index (χ4n) is 3.35. The number of rotatable bonds is 8. The number of non-ortho nitro benzene ring substituents is 1. The van der Waals surface area contributed by atoms with Crippen LogP contribution < -0.4 is 10.1 Å². The number of benzene rings is 3. The van der Waals surface area contributed by atoms with Crippen LogP contribution >= 0.6 is 50.3 Å². The Hall–Kier alpha value is -3.83. The maximum atomic E-state index is 13.0. The zero-order chi connectivity index (χ0) is 28.3. The monoisotopic (exact) mass is 724 g/mol. The first-order valence-corrected chi connectivity index (χ1v) is 13.4. The first-order valence-electron chi connectivity index (χ1n) is 10.7. The standard InChI is InChI=1S/C24H14BrIN4O8S/c25-14-1-7-19(38-20-8-6-17(29(34)35)11-18(20)30(36)37)13(9-14)10-21-23(32)28(24(33)39-21)12-22(31)27-16-4-2-15(26)3-5-16/h1-11H,12H2,(H,27,31)/b21-10-. The van der Waals surface area contributed by atoms with Crippen molar-refractivity contribution in [3.05, 3.63) is 99.4 Å². The van der Waals surface area contributed by atoms with Gasteiger partial charge < -0.3 is 10.1 Å². The van der Waals surface area contributed by atoms with Crippen LogP contribution in [-0.2, 0) is 9.59 Å². The number of nitro groups is 2. The second-order valence-corrected chi connectivity index (χ2v) is 10.9. The molecule has 15 heteroatoms. The van der Waals surface area contributed by atoms with Crippen molar-refractivity contribution in [2.45, 2.75) is 0 Å². The number of halogens is 2. The lowest BCUT2D eigenvalue weighted by molar-refractivity contribution is -0.394. The van der Waals surface area contributed by atoms with E-state index in [9.17, 15) is 34.6 Å². The van der Waals surface area contributed by atoms with E-state index >= 15 is 0 Å². The van der Waals surface area contributed by atoms with Crippen LogP contribution in [0.1, 0.15) is 5.56 Å². The molecule has 3 aromatic carbocycles. The zero-order valence-electron chi connectivity index (χ0n) is 19.3. The second kappa shape index (κ2) is 11.9. The number of ether oxygens (including phenoxy) is 1. The molecule has 0 saturated carbocycles. The lowest BCUT2D eigenvalue weighted by Gasteiger charge is -2.12. The minimum atomic E-state index is -0.812. The van der Waals surface area contributed by atoms with Crippen molar-refractivity contribution in [2.24, 2.45) is 0 Å². The van der Waals surface area contributed by atoms with Gasteiger partial charge in [0.25, 0.3) is 16.8 Å². The van der Waals surface area contributed by atoms with E-state index in [1.165, 1.54) is 12.1 Å². The molecule has 1 heterocycles. The van der Waals surface area contributed by atoms with Crippen LogP contribution in [0.15, 0.2) is 70.0 Å². The summed E-state index contributed by atoms with van der Waals surface area (Å²) in [5.41, 5.74) is -0.313. The van der Waals surface area contributed by atoms with E-state index in [0.717, 1.165) is 26.7 Å². The number of hydrogen-bond donors (Lipinski definition) is 1. The molecule has 39 heavy (non-hydrogen) atoms. The smallest absolute Gasteiger partial charge is 0.318 e. The molecule has 0 aromatic heterocycles. The van der Waals surface area contributed by atoms with Gasteiger partial charge in [0.05, 0.1) is 20.8 Å². The summed E-state index contributed by atoms with van der Waals surface area (Å²) in [6.45, 7) is -0.495. The number of thioether (sulfide) groups is 1. The van der Waals surface area contributed by atoms with Crippen molar-refractivity contribution in [2.75, 3.05) is 11.9 Å². The molecule has 1 saturated heterocycles. The summed E-state index contributed by atoms with van der Waals surface area (Å²) in [5, 5.41) is 24.5. The van der Waals surface area contributed by atoms with Crippen molar-refractivity contribution in [3.8, 4) is 11.5 Å². The van der Waals surface area contributed by atoms with Gasteiger partial charge in [-0.2, -0.15) is 0 Å². The predicted molar refractivity (Wildman–Crippen MR) is 154 cm³/mol. The molecule has 0 aliphatic carbocycles. The van der Waals surface area contributed by atoms with Crippen molar-refractivity contribution in [1.82, 2.24) is 4.90 Å². The number of amides is 3. The minimum Gasteiger partial charge on any atom is -0.449 e. The van der Waals surface area contributed by atoms with E-state index in [0.29, 0.717) is 21.9 Å². The van der Waals surface area contributed by atoms with Crippen LogP contribution in [0.5, 0.6) is 11.5 Å². The van der Waals surface area contributed by atoms with E-state index in [-0.39, 0.29) is 22.0 Å². The van der Waals surface area contributed by atoms with Crippen LogP contribution in [0.3, 0.4) is 0 Å².